The molecule has 2 rings (SSSR count). The first-order valence-electron chi connectivity index (χ1n) is 10.2. The van der Waals surface area contributed by atoms with E-state index in [1.807, 2.05) is 48.5 Å². The quantitative estimate of drug-likeness (QED) is 0.427. The van der Waals surface area contributed by atoms with Gasteiger partial charge in [0.2, 0.25) is 5.91 Å². The SMILES string of the molecule is C#CC(=CC=C(C)S(=O)(=O)CC)CC(=O)Nc1ccc(C(C)C)c(-c2ccccc2)c1. The molecule has 4 nitrogen and oxygen atoms in total. The maximum absolute atomic E-state index is 12.6. The number of carbonyl (C=O) groups excluding carboxylic acids is 1. The first-order valence-corrected chi connectivity index (χ1v) is 11.9. The van der Waals surface area contributed by atoms with Crippen molar-refractivity contribution in [2.24, 2.45) is 0 Å². The number of carbonyl (C=O) groups is 1. The van der Waals surface area contributed by atoms with Crippen molar-refractivity contribution in [2.45, 2.75) is 40.0 Å². The van der Waals surface area contributed by atoms with E-state index in [1.54, 1.807) is 6.92 Å². The van der Waals surface area contributed by atoms with E-state index in [0.717, 1.165) is 11.1 Å². The van der Waals surface area contributed by atoms with Gasteiger partial charge >= 0.3 is 0 Å². The van der Waals surface area contributed by atoms with Crippen molar-refractivity contribution in [1.82, 2.24) is 0 Å². The minimum atomic E-state index is -3.27. The van der Waals surface area contributed by atoms with Crippen LogP contribution in [-0.2, 0) is 14.6 Å². The highest BCUT2D eigenvalue weighted by Crippen LogP contribution is 2.31. The van der Waals surface area contributed by atoms with E-state index in [1.165, 1.54) is 24.6 Å². The number of sulfone groups is 1. The van der Waals surface area contributed by atoms with Crippen molar-refractivity contribution < 1.29 is 13.2 Å². The Morgan fingerprint density at radius 3 is 2.39 bits per heavy atom. The molecule has 0 fully saturated rings. The molecular weight excluding hydrogens is 406 g/mol. The second-order valence-corrected chi connectivity index (χ2v) is 10.0. The van der Waals surface area contributed by atoms with E-state index in [2.05, 4.69) is 25.1 Å². The third-order valence-corrected chi connectivity index (χ3v) is 6.85. The Labute approximate surface area is 186 Å². The van der Waals surface area contributed by atoms with Crippen LogP contribution < -0.4 is 5.32 Å². The lowest BCUT2D eigenvalue weighted by atomic mass is 9.92. The summed E-state index contributed by atoms with van der Waals surface area (Å²) in [7, 11) is -3.27. The van der Waals surface area contributed by atoms with Crippen molar-refractivity contribution in [1.29, 1.82) is 0 Å². The van der Waals surface area contributed by atoms with Gasteiger partial charge in [0.25, 0.3) is 0 Å². The van der Waals surface area contributed by atoms with Crippen LogP contribution in [0.15, 0.2) is 71.2 Å². The van der Waals surface area contributed by atoms with E-state index in [4.69, 9.17) is 6.42 Å². The van der Waals surface area contributed by atoms with Crippen molar-refractivity contribution in [2.75, 3.05) is 11.1 Å². The molecule has 2 aromatic carbocycles. The van der Waals surface area contributed by atoms with Crippen LogP contribution in [0.5, 0.6) is 0 Å². The summed E-state index contributed by atoms with van der Waals surface area (Å²) in [6, 6.07) is 15.9. The highest BCUT2D eigenvalue weighted by Gasteiger charge is 2.12. The largest absolute Gasteiger partial charge is 0.326 e. The summed E-state index contributed by atoms with van der Waals surface area (Å²) in [5, 5.41) is 2.90. The molecule has 0 atom stereocenters. The van der Waals surface area contributed by atoms with Crippen molar-refractivity contribution in [3.05, 3.63) is 76.7 Å². The molecule has 1 amide bonds. The monoisotopic (exact) mass is 435 g/mol. The molecule has 0 heterocycles. The Balaban J connectivity index is 2.23. The highest BCUT2D eigenvalue weighted by atomic mass is 32.2. The van der Waals surface area contributed by atoms with Crippen LogP contribution in [0.25, 0.3) is 11.1 Å². The Hall–Kier alpha value is -3.10. The van der Waals surface area contributed by atoms with Gasteiger partial charge in [0.15, 0.2) is 9.84 Å². The summed E-state index contributed by atoms with van der Waals surface area (Å²) in [5.41, 5.74) is 4.45. The van der Waals surface area contributed by atoms with Crippen LogP contribution in [0, 0.1) is 12.3 Å². The first-order chi connectivity index (χ1) is 14.7. The predicted octanol–water partition coefficient (Wildman–Crippen LogP) is 5.70. The Morgan fingerprint density at radius 2 is 1.81 bits per heavy atom. The normalized spacial score (nSPS) is 12.5. The van der Waals surface area contributed by atoms with E-state index in [0.29, 0.717) is 17.2 Å². The van der Waals surface area contributed by atoms with Gasteiger partial charge in [-0.3, -0.25) is 4.79 Å². The highest BCUT2D eigenvalue weighted by molar-refractivity contribution is 7.95. The molecule has 0 spiro atoms. The van der Waals surface area contributed by atoms with Gasteiger partial charge in [-0.1, -0.05) is 63.1 Å². The second-order valence-electron chi connectivity index (χ2n) is 7.56. The van der Waals surface area contributed by atoms with Crippen LogP contribution >= 0.6 is 0 Å². The lowest BCUT2D eigenvalue weighted by Crippen LogP contribution is -2.12. The maximum atomic E-state index is 12.6. The molecule has 0 aliphatic rings. The molecule has 162 valence electrons. The molecule has 0 unspecified atom stereocenters. The zero-order valence-corrected chi connectivity index (χ0v) is 19.3. The topological polar surface area (TPSA) is 63.2 Å². The Morgan fingerprint density at radius 1 is 1.13 bits per heavy atom. The van der Waals surface area contributed by atoms with Gasteiger partial charge in [0.1, 0.15) is 0 Å². The first kappa shape index (κ1) is 24.2. The fourth-order valence-electron chi connectivity index (χ4n) is 3.09. The standard InChI is InChI=1S/C26H29NO3S/c1-6-21(14-13-20(5)31(29,30)7-2)17-26(28)27-23-15-16-24(19(3)4)25(18-23)22-11-9-8-10-12-22/h1,8-16,18-19H,7,17H2,2-5H3,(H,27,28). The molecule has 0 saturated carbocycles. The molecule has 0 aliphatic heterocycles. The lowest BCUT2D eigenvalue weighted by Gasteiger charge is -2.15. The molecule has 31 heavy (non-hydrogen) atoms. The van der Waals surface area contributed by atoms with Crippen LogP contribution in [0.2, 0.25) is 0 Å². The summed E-state index contributed by atoms with van der Waals surface area (Å²) < 4.78 is 23.7. The molecule has 2 aromatic rings. The minimum Gasteiger partial charge on any atom is -0.326 e. The number of anilines is 1. The van der Waals surface area contributed by atoms with E-state index < -0.39 is 9.84 Å². The zero-order chi connectivity index (χ0) is 23.0. The van der Waals surface area contributed by atoms with Gasteiger partial charge < -0.3 is 5.32 Å². The van der Waals surface area contributed by atoms with Gasteiger partial charge in [-0.2, -0.15) is 0 Å². The Bertz CT molecular complexity index is 1130. The number of benzene rings is 2. The van der Waals surface area contributed by atoms with Crippen molar-refractivity contribution in [3.63, 3.8) is 0 Å². The molecule has 0 saturated heterocycles. The predicted molar refractivity (Wildman–Crippen MR) is 129 cm³/mol. The maximum Gasteiger partial charge on any atom is 0.229 e. The summed E-state index contributed by atoms with van der Waals surface area (Å²) in [6.07, 6.45) is 8.47. The van der Waals surface area contributed by atoms with Crippen LogP contribution in [0.4, 0.5) is 5.69 Å². The summed E-state index contributed by atoms with van der Waals surface area (Å²) in [5.74, 6) is 2.56. The van der Waals surface area contributed by atoms with Gasteiger partial charge in [0.05, 0.1) is 12.2 Å². The molecular formula is C26H29NO3S. The summed E-state index contributed by atoms with van der Waals surface area (Å²) in [6.45, 7) is 7.38. The van der Waals surface area contributed by atoms with Crippen LogP contribution in [0.3, 0.4) is 0 Å². The fourth-order valence-corrected chi connectivity index (χ4v) is 3.82. The third kappa shape index (κ3) is 6.70. The summed E-state index contributed by atoms with van der Waals surface area (Å²) in [4.78, 5) is 12.8. The average Bonchev–Trinajstić information content (AvgIpc) is 2.76. The van der Waals surface area contributed by atoms with Crippen molar-refractivity contribution >= 4 is 21.4 Å². The van der Waals surface area contributed by atoms with Gasteiger partial charge in [-0.05, 0) is 53.8 Å². The van der Waals surface area contributed by atoms with E-state index in [-0.39, 0.29) is 23.0 Å². The zero-order valence-electron chi connectivity index (χ0n) is 18.5. The number of hydrogen-bond acceptors (Lipinski definition) is 3. The summed E-state index contributed by atoms with van der Waals surface area (Å²) >= 11 is 0. The molecule has 0 radical (unpaired) electrons. The molecule has 1 N–H and O–H groups in total. The smallest absolute Gasteiger partial charge is 0.229 e. The van der Waals surface area contributed by atoms with Crippen LogP contribution in [0.1, 0.15) is 45.6 Å². The molecule has 5 heteroatoms. The molecule has 0 aliphatic carbocycles. The average molecular weight is 436 g/mol. The Kier molecular flexibility index (Phi) is 8.41. The number of amides is 1. The third-order valence-electron chi connectivity index (χ3n) is 4.97. The van der Waals surface area contributed by atoms with Gasteiger partial charge in [-0.25, -0.2) is 8.42 Å². The number of terminal acetylenes is 1. The number of allylic oxidation sites excluding steroid dienone is 3. The second kappa shape index (κ2) is 10.8. The molecule has 0 aromatic heterocycles. The van der Waals surface area contributed by atoms with E-state index in [9.17, 15) is 13.2 Å². The van der Waals surface area contributed by atoms with E-state index >= 15 is 0 Å². The lowest BCUT2D eigenvalue weighted by molar-refractivity contribution is -0.115. The minimum absolute atomic E-state index is 0.0148. The number of hydrogen-bond donors (Lipinski definition) is 1. The van der Waals surface area contributed by atoms with Crippen LogP contribution in [-0.4, -0.2) is 20.1 Å². The fraction of sp³-hybridized carbons (Fsp3) is 0.269. The number of nitrogens with one attached hydrogen (secondary N) is 1. The van der Waals surface area contributed by atoms with Gasteiger partial charge in [0, 0.05) is 16.2 Å². The number of rotatable bonds is 8. The van der Waals surface area contributed by atoms with Gasteiger partial charge in [-0.15, -0.1) is 6.42 Å². The molecule has 0 bridgehead atoms. The van der Waals surface area contributed by atoms with Crippen molar-refractivity contribution in [3.8, 4) is 23.5 Å².